The molecule has 0 spiro atoms. The number of nitrogens with zero attached hydrogens (tertiary/aromatic N) is 1. The molecule has 2 aromatic rings. The van der Waals surface area contributed by atoms with Crippen LogP contribution in [0.4, 0.5) is 0 Å². The first kappa shape index (κ1) is 9.59. The number of carbonyl (C=O) groups is 2. The number of nitrogens with two attached hydrogens (primary N) is 1. The van der Waals surface area contributed by atoms with E-state index in [9.17, 15) is 9.59 Å². The van der Waals surface area contributed by atoms with Crippen molar-refractivity contribution in [2.75, 3.05) is 0 Å². The number of aromatic nitrogens is 1. The summed E-state index contributed by atoms with van der Waals surface area (Å²) in [6.45, 7) is 0. The molecule has 6 heteroatoms. The fourth-order valence-electron chi connectivity index (χ4n) is 1.94. The first-order chi connectivity index (χ1) is 8.16. The van der Waals surface area contributed by atoms with E-state index in [1.807, 2.05) is 0 Å². The Labute approximate surface area is 95.5 Å². The quantitative estimate of drug-likeness (QED) is 0.655. The monoisotopic (exact) mass is 228 g/mol. The fourth-order valence-corrected chi connectivity index (χ4v) is 1.94. The van der Waals surface area contributed by atoms with Gasteiger partial charge in [0.25, 0.3) is 5.91 Å². The molecule has 3 rings (SSSR count). The van der Waals surface area contributed by atoms with Gasteiger partial charge in [0.05, 0.1) is 11.8 Å². The molecule has 1 aliphatic heterocycles. The molecule has 0 atom stereocenters. The van der Waals surface area contributed by atoms with Gasteiger partial charge in [-0.15, -0.1) is 0 Å². The van der Waals surface area contributed by atoms with Gasteiger partial charge in [-0.1, -0.05) is 0 Å². The summed E-state index contributed by atoms with van der Waals surface area (Å²) in [5, 5.41) is 4.52. The largest absolute Gasteiger partial charge is 0.366 e. The molecule has 0 fully saturated rings. The lowest BCUT2D eigenvalue weighted by atomic mass is 10.0. The van der Waals surface area contributed by atoms with E-state index in [1.165, 1.54) is 6.07 Å². The van der Waals surface area contributed by atoms with Gasteiger partial charge in [-0.2, -0.15) is 5.10 Å². The van der Waals surface area contributed by atoms with Crippen LogP contribution in [-0.2, 0) is 0 Å². The Morgan fingerprint density at radius 3 is 2.94 bits per heavy atom. The van der Waals surface area contributed by atoms with Gasteiger partial charge in [0.2, 0.25) is 5.91 Å². The maximum Gasteiger partial charge on any atom is 0.272 e. The second-order valence-electron chi connectivity index (χ2n) is 3.75. The highest BCUT2D eigenvalue weighted by molar-refractivity contribution is 6.15. The highest BCUT2D eigenvalue weighted by Gasteiger charge is 2.18. The zero-order valence-electron chi connectivity index (χ0n) is 8.65. The first-order valence-corrected chi connectivity index (χ1v) is 4.95. The number of benzene rings is 1. The Kier molecular flexibility index (Phi) is 1.79. The molecule has 2 heterocycles. The summed E-state index contributed by atoms with van der Waals surface area (Å²) in [7, 11) is 0. The zero-order valence-corrected chi connectivity index (χ0v) is 8.65. The van der Waals surface area contributed by atoms with Crippen LogP contribution in [0.1, 0.15) is 26.3 Å². The van der Waals surface area contributed by atoms with E-state index in [2.05, 4.69) is 15.5 Å². The van der Waals surface area contributed by atoms with Gasteiger partial charge in [-0.3, -0.25) is 9.59 Å². The zero-order chi connectivity index (χ0) is 12.0. The molecule has 6 nitrogen and oxygen atoms in total. The summed E-state index contributed by atoms with van der Waals surface area (Å²) in [6, 6.07) is 3.10. The van der Waals surface area contributed by atoms with E-state index in [1.54, 1.807) is 18.5 Å². The Morgan fingerprint density at radius 2 is 2.18 bits per heavy atom. The minimum Gasteiger partial charge on any atom is -0.366 e. The molecule has 1 aromatic carbocycles. The summed E-state index contributed by atoms with van der Waals surface area (Å²) in [4.78, 5) is 25.9. The van der Waals surface area contributed by atoms with Crippen LogP contribution in [0, 0.1) is 0 Å². The summed E-state index contributed by atoms with van der Waals surface area (Å²) in [5.74, 6) is -0.926. The summed E-state index contributed by atoms with van der Waals surface area (Å²) in [5.41, 5.74) is 9.76. The molecular weight excluding hydrogens is 220 g/mol. The Balaban J connectivity index is 2.43. The highest BCUT2D eigenvalue weighted by Crippen LogP contribution is 2.24. The molecule has 1 aromatic heterocycles. The second kappa shape index (κ2) is 3.18. The standard InChI is InChI=1S/C11H8N4O2/c12-10(16)5-1-7-9-6(3-13-8(9)2-5)4-14-15-11(7)17/h1-4,13H,(H2,12,16)(H,15,17). The van der Waals surface area contributed by atoms with E-state index < -0.39 is 5.91 Å². The lowest BCUT2D eigenvalue weighted by Crippen LogP contribution is -2.18. The molecule has 0 saturated heterocycles. The maximum atomic E-state index is 11.8. The Bertz CT molecular complexity index is 684. The van der Waals surface area contributed by atoms with Crippen LogP contribution in [-0.4, -0.2) is 23.0 Å². The molecule has 1 aliphatic rings. The van der Waals surface area contributed by atoms with Crippen LogP contribution >= 0.6 is 0 Å². The second-order valence-corrected chi connectivity index (χ2v) is 3.75. The van der Waals surface area contributed by atoms with Crippen molar-refractivity contribution in [3.8, 4) is 0 Å². The summed E-state index contributed by atoms with van der Waals surface area (Å²) in [6.07, 6.45) is 3.28. The number of hydrogen-bond acceptors (Lipinski definition) is 3. The third-order valence-corrected chi connectivity index (χ3v) is 2.71. The third kappa shape index (κ3) is 1.31. The van der Waals surface area contributed by atoms with Crippen molar-refractivity contribution in [2.24, 2.45) is 10.8 Å². The van der Waals surface area contributed by atoms with Crippen molar-refractivity contribution >= 4 is 28.9 Å². The van der Waals surface area contributed by atoms with Crippen molar-refractivity contribution in [2.45, 2.75) is 0 Å². The number of carbonyl (C=O) groups excluding carboxylic acids is 2. The number of rotatable bonds is 1. The van der Waals surface area contributed by atoms with Gasteiger partial charge in [0, 0.05) is 28.2 Å². The number of aromatic amines is 1. The van der Waals surface area contributed by atoms with E-state index in [0.29, 0.717) is 11.1 Å². The van der Waals surface area contributed by atoms with Crippen LogP contribution in [0.15, 0.2) is 23.4 Å². The topological polar surface area (TPSA) is 100 Å². The van der Waals surface area contributed by atoms with Gasteiger partial charge in [-0.05, 0) is 12.1 Å². The SMILES string of the molecule is NC(=O)c1cc2c3c(c[nH]c3c1)C=NNC2=O. The normalized spacial score (nSPS) is 13.5. The number of amides is 2. The fraction of sp³-hybridized carbons (Fsp3) is 0. The molecule has 17 heavy (non-hydrogen) atoms. The molecule has 0 aliphatic carbocycles. The third-order valence-electron chi connectivity index (χ3n) is 2.71. The molecular formula is C11H8N4O2. The molecule has 2 amide bonds. The number of H-pyrrole nitrogens is 1. The van der Waals surface area contributed by atoms with Crippen LogP contribution in [0.2, 0.25) is 0 Å². The van der Waals surface area contributed by atoms with Crippen molar-refractivity contribution < 1.29 is 9.59 Å². The summed E-state index contributed by atoms with van der Waals surface area (Å²) >= 11 is 0. The molecule has 0 bridgehead atoms. The van der Waals surface area contributed by atoms with Crippen molar-refractivity contribution in [3.63, 3.8) is 0 Å². The van der Waals surface area contributed by atoms with E-state index in [0.717, 1.165) is 10.9 Å². The number of hydrogen-bond donors (Lipinski definition) is 3. The number of nitrogens with one attached hydrogen (secondary N) is 2. The van der Waals surface area contributed by atoms with Gasteiger partial charge < -0.3 is 10.7 Å². The summed E-state index contributed by atoms with van der Waals surface area (Å²) < 4.78 is 0. The van der Waals surface area contributed by atoms with Crippen LogP contribution < -0.4 is 11.2 Å². The molecule has 0 radical (unpaired) electrons. The molecule has 4 N–H and O–H groups in total. The van der Waals surface area contributed by atoms with Crippen LogP contribution in [0.5, 0.6) is 0 Å². The predicted octanol–water partition coefficient (Wildman–Crippen LogP) is 0.344. The number of primary amides is 1. The minimum atomic E-state index is -0.572. The molecule has 0 unspecified atom stereocenters. The average Bonchev–Trinajstić information content (AvgIpc) is 2.63. The Morgan fingerprint density at radius 1 is 1.35 bits per heavy atom. The van der Waals surface area contributed by atoms with Crippen molar-refractivity contribution in [1.29, 1.82) is 0 Å². The van der Waals surface area contributed by atoms with E-state index in [-0.39, 0.29) is 11.5 Å². The Hall–Kier alpha value is -2.63. The first-order valence-electron chi connectivity index (χ1n) is 4.95. The minimum absolute atomic E-state index is 0.290. The highest BCUT2D eigenvalue weighted by atomic mass is 16.2. The smallest absolute Gasteiger partial charge is 0.272 e. The van der Waals surface area contributed by atoms with Crippen LogP contribution in [0.3, 0.4) is 0 Å². The van der Waals surface area contributed by atoms with E-state index >= 15 is 0 Å². The maximum absolute atomic E-state index is 11.8. The molecule has 0 saturated carbocycles. The van der Waals surface area contributed by atoms with Gasteiger partial charge >= 0.3 is 0 Å². The average molecular weight is 228 g/mol. The number of hydrazone groups is 1. The van der Waals surface area contributed by atoms with Gasteiger partial charge in [0.1, 0.15) is 0 Å². The molecule has 84 valence electrons. The lowest BCUT2D eigenvalue weighted by molar-refractivity contribution is 0.0957. The van der Waals surface area contributed by atoms with Crippen molar-refractivity contribution in [1.82, 2.24) is 10.4 Å². The van der Waals surface area contributed by atoms with Gasteiger partial charge in [-0.25, -0.2) is 5.43 Å². The van der Waals surface area contributed by atoms with Crippen molar-refractivity contribution in [3.05, 3.63) is 35.0 Å². The van der Waals surface area contributed by atoms with Crippen LogP contribution in [0.25, 0.3) is 10.9 Å². The lowest BCUT2D eigenvalue weighted by Gasteiger charge is -2.03. The van der Waals surface area contributed by atoms with E-state index in [4.69, 9.17) is 5.73 Å². The van der Waals surface area contributed by atoms with Gasteiger partial charge in [0.15, 0.2) is 0 Å². The predicted molar refractivity (Wildman–Crippen MR) is 61.9 cm³/mol.